The van der Waals surface area contributed by atoms with Crippen LogP contribution in [0.5, 0.6) is 0 Å². The molecule has 1 fully saturated rings. The number of pyridine rings is 1. The average molecular weight is 224 g/mol. The van der Waals surface area contributed by atoms with Crippen LogP contribution in [0, 0.1) is 0 Å². The fraction of sp³-hybridized carbons (Fsp3) is 0.286. The number of hydrogen-bond acceptors (Lipinski definition) is 3. The molecule has 17 heavy (non-hydrogen) atoms. The number of fused-ring (bicyclic) bond motifs is 1. The van der Waals surface area contributed by atoms with Gasteiger partial charge in [0.15, 0.2) is 0 Å². The monoisotopic (exact) mass is 224 g/mol. The van der Waals surface area contributed by atoms with E-state index in [1.165, 1.54) is 0 Å². The normalized spacial score (nSPS) is 17.2. The molecule has 1 aromatic heterocycles. The van der Waals surface area contributed by atoms with Gasteiger partial charge in [0.25, 0.3) is 0 Å². The smallest absolute Gasteiger partial charge is 0.235 e. The lowest BCUT2D eigenvalue weighted by Gasteiger charge is -2.37. The summed E-state index contributed by atoms with van der Waals surface area (Å²) in [5, 5.41) is 2.23. The van der Waals surface area contributed by atoms with Gasteiger partial charge >= 0.3 is 0 Å². The molecule has 3 heteroatoms. The second kappa shape index (κ2) is 3.79. The van der Waals surface area contributed by atoms with Crippen LogP contribution in [0.2, 0.25) is 0 Å². The molecule has 0 spiro atoms. The molecule has 3 nitrogen and oxygen atoms in total. The van der Waals surface area contributed by atoms with Gasteiger partial charge in [-0.3, -0.25) is 4.98 Å². The number of benzene rings is 1. The molecule has 0 atom stereocenters. The molecule has 0 N–H and O–H groups in total. The van der Waals surface area contributed by atoms with Gasteiger partial charge in [0, 0.05) is 17.8 Å². The predicted octanol–water partition coefficient (Wildman–Crippen LogP) is 2.95. The SMILES string of the molecule is O=C=NC1(c2cccc3ccncc23)CCC1. The van der Waals surface area contributed by atoms with Crippen molar-refractivity contribution >= 4 is 16.9 Å². The van der Waals surface area contributed by atoms with Gasteiger partial charge in [-0.25, -0.2) is 4.79 Å². The Balaban J connectivity index is 2.26. The Morgan fingerprint density at radius 3 is 2.88 bits per heavy atom. The molecule has 1 saturated carbocycles. The van der Waals surface area contributed by atoms with Gasteiger partial charge in [-0.1, -0.05) is 18.2 Å². The third kappa shape index (κ3) is 1.48. The lowest BCUT2D eigenvalue weighted by atomic mass is 9.71. The zero-order chi connectivity index (χ0) is 11.7. The topological polar surface area (TPSA) is 42.3 Å². The Morgan fingerprint density at radius 2 is 2.18 bits per heavy atom. The number of isocyanates is 1. The summed E-state index contributed by atoms with van der Waals surface area (Å²) in [6, 6.07) is 8.09. The van der Waals surface area contributed by atoms with Gasteiger partial charge < -0.3 is 0 Å². The zero-order valence-electron chi connectivity index (χ0n) is 9.39. The highest BCUT2D eigenvalue weighted by Crippen LogP contribution is 2.46. The van der Waals surface area contributed by atoms with Gasteiger partial charge in [0.1, 0.15) is 0 Å². The second-order valence-electron chi connectivity index (χ2n) is 4.49. The molecular formula is C14H12N2O. The Morgan fingerprint density at radius 1 is 1.29 bits per heavy atom. The highest BCUT2D eigenvalue weighted by atomic mass is 16.1. The molecular weight excluding hydrogens is 212 g/mol. The van der Waals surface area contributed by atoms with Crippen LogP contribution in [0.3, 0.4) is 0 Å². The van der Waals surface area contributed by atoms with Gasteiger partial charge in [-0.2, -0.15) is 4.99 Å². The van der Waals surface area contributed by atoms with Crippen LogP contribution in [-0.2, 0) is 10.3 Å². The summed E-state index contributed by atoms with van der Waals surface area (Å²) < 4.78 is 0. The summed E-state index contributed by atoms with van der Waals surface area (Å²) in [6.45, 7) is 0. The number of carbonyl (C=O) groups excluding carboxylic acids is 1. The van der Waals surface area contributed by atoms with Crippen molar-refractivity contribution in [2.24, 2.45) is 4.99 Å². The number of nitrogens with zero attached hydrogens (tertiary/aromatic N) is 2. The summed E-state index contributed by atoms with van der Waals surface area (Å²) in [6.07, 6.45) is 8.33. The lowest BCUT2D eigenvalue weighted by Crippen LogP contribution is -2.32. The number of rotatable bonds is 2. The lowest BCUT2D eigenvalue weighted by molar-refractivity contribution is 0.258. The zero-order valence-corrected chi connectivity index (χ0v) is 9.39. The minimum Gasteiger partial charge on any atom is -0.264 e. The maximum absolute atomic E-state index is 10.6. The highest BCUT2D eigenvalue weighted by molar-refractivity contribution is 5.86. The first-order chi connectivity index (χ1) is 8.36. The van der Waals surface area contributed by atoms with E-state index in [9.17, 15) is 4.79 Å². The Labute approximate surface area is 99.2 Å². The molecule has 1 aromatic carbocycles. The Hall–Kier alpha value is -1.99. The largest absolute Gasteiger partial charge is 0.264 e. The van der Waals surface area contributed by atoms with Gasteiger partial charge in [-0.05, 0) is 36.3 Å². The fourth-order valence-electron chi connectivity index (χ4n) is 2.56. The summed E-state index contributed by atoms with van der Waals surface area (Å²) >= 11 is 0. The number of aromatic nitrogens is 1. The van der Waals surface area contributed by atoms with E-state index < -0.39 is 0 Å². The van der Waals surface area contributed by atoms with E-state index in [2.05, 4.69) is 16.0 Å². The maximum Gasteiger partial charge on any atom is 0.235 e. The summed E-state index contributed by atoms with van der Waals surface area (Å²) in [7, 11) is 0. The molecule has 84 valence electrons. The van der Waals surface area contributed by atoms with E-state index in [1.54, 1.807) is 12.3 Å². The van der Waals surface area contributed by atoms with Crippen LogP contribution in [-0.4, -0.2) is 11.1 Å². The molecule has 0 unspecified atom stereocenters. The molecule has 0 amide bonds. The van der Waals surface area contributed by atoms with Crippen molar-refractivity contribution in [2.75, 3.05) is 0 Å². The highest BCUT2D eigenvalue weighted by Gasteiger charge is 2.39. The van der Waals surface area contributed by atoms with Crippen LogP contribution in [0.4, 0.5) is 0 Å². The molecule has 0 saturated heterocycles. The third-order valence-electron chi connectivity index (χ3n) is 3.63. The third-order valence-corrected chi connectivity index (χ3v) is 3.63. The van der Waals surface area contributed by atoms with Gasteiger partial charge in [0.2, 0.25) is 6.08 Å². The van der Waals surface area contributed by atoms with Crippen molar-refractivity contribution in [2.45, 2.75) is 24.8 Å². The summed E-state index contributed by atoms with van der Waals surface area (Å²) in [4.78, 5) is 18.8. The minimum absolute atomic E-state index is 0.343. The van der Waals surface area contributed by atoms with E-state index >= 15 is 0 Å². The number of hydrogen-bond donors (Lipinski definition) is 0. The maximum atomic E-state index is 10.6. The molecule has 0 bridgehead atoms. The predicted molar refractivity (Wildman–Crippen MR) is 65.4 cm³/mol. The van der Waals surface area contributed by atoms with Crippen LogP contribution in [0.15, 0.2) is 41.7 Å². The second-order valence-corrected chi connectivity index (χ2v) is 4.49. The average Bonchev–Trinajstić information content (AvgIpc) is 2.33. The van der Waals surface area contributed by atoms with Crippen molar-refractivity contribution < 1.29 is 4.79 Å². The van der Waals surface area contributed by atoms with Crippen LogP contribution >= 0.6 is 0 Å². The van der Waals surface area contributed by atoms with Crippen LogP contribution < -0.4 is 0 Å². The van der Waals surface area contributed by atoms with Gasteiger partial charge in [-0.15, -0.1) is 0 Å². The van der Waals surface area contributed by atoms with E-state index in [0.717, 1.165) is 35.6 Å². The van der Waals surface area contributed by atoms with Crippen LogP contribution in [0.1, 0.15) is 24.8 Å². The van der Waals surface area contributed by atoms with Gasteiger partial charge in [0.05, 0.1) is 5.54 Å². The van der Waals surface area contributed by atoms with E-state index in [0.29, 0.717) is 0 Å². The first-order valence-corrected chi connectivity index (χ1v) is 5.78. The first kappa shape index (κ1) is 10.2. The van der Waals surface area contributed by atoms with Crippen molar-refractivity contribution in [1.82, 2.24) is 4.98 Å². The Bertz CT molecular complexity index is 605. The molecule has 2 aromatic rings. The molecule has 3 rings (SSSR count). The molecule has 0 aliphatic heterocycles. The number of aliphatic imine (C=N–C) groups is 1. The van der Waals surface area contributed by atoms with E-state index in [-0.39, 0.29) is 5.54 Å². The molecule has 1 aliphatic rings. The summed E-state index contributed by atoms with van der Waals surface area (Å²) in [5.41, 5.74) is 0.766. The quantitative estimate of drug-likeness (QED) is 0.581. The Kier molecular flexibility index (Phi) is 2.27. The van der Waals surface area contributed by atoms with E-state index in [1.807, 2.05) is 24.4 Å². The molecule has 1 aliphatic carbocycles. The van der Waals surface area contributed by atoms with Crippen molar-refractivity contribution in [3.8, 4) is 0 Å². The fourth-order valence-corrected chi connectivity index (χ4v) is 2.56. The first-order valence-electron chi connectivity index (χ1n) is 5.78. The summed E-state index contributed by atoms with van der Waals surface area (Å²) in [5.74, 6) is 0. The molecule has 1 heterocycles. The van der Waals surface area contributed by atoms with E-state index in [4.69, 9.17) is 0 Å². The van der Waals surface area contributed by atoms with Crippen molar-refractivity contribution in [3.63, 3.8) is 0 Å². The standard InChI is InChI=1S/C14H12N2O/c17-10-16-14(6-2-7-14)13-4-1-3-11-5-8-15-9-12(11)13/h1,3-5,8-9H,2,6-7H2. The van der Waals surface area contributed by atoms with Crippen molar-refractivity contribution in [1.29, 1.82) is 0 Å². The van der Waals surface area contributed by atoms with Crippen LogP contribution in [0.25, 0.3) is 10.8 Å². The molecule has 0 radical (unpaired) electrons. The minimum atomic E-state index is -0.343. The van der Waals surface area contributed by atoms with Crippen molar-refractivity contribution in [3.05, 3.63) is 42.2 Å².